The van der Waals surface area contributed by atoms with Gasteiger partial charge in [0.1, 0.15) is 0 Å². The molecule has 19 heavy (non-hydrogen) atoms. The molecular weight excluding hydrogens is 240 g/mol. The van der Waals surface area contributed by atoms with E-state index in [1.165, 1.54) is 16.8 Å². The summed E-state index contributed by atoms with van der Waals surface area (Å²) in [7, 11) is 0. The van der Waals surface area contributed by atoms with Gasteiger partial charge in [-0.05, 0) is 24.5 Å². The van der Waals surface area contributed by atoms with Crippen molar-refractivity contribution in [3.63, 3.8) is 0 Å². The number of fused-ring (bicyclic) bond motifs is 1. The molecule has 2 aliphatic rings. The number of para-hydroxylation sites is 1. The van der Waals surface area contributed by atoms with Crippen LogP contribution >= 0.6 is 0 Å². The van der Waals surface area contributed by atoms with Gasteiger partial charge in [-0.25, -0.2) is 0 Å². The number of aliphatic hydroxyl groups excluding tert-OH is 1. The molecule has 2 N–H and O–H groups in total. The van der Waals surface area contributed by atoms with Gasteiger partial charge in [-0.2, -0.15) is 0 Å². The predicted octanol–water partition coefficient (Wildman–Crippen LogP) is 1.24. The second-order valence-electron chi connectivity index (χ2n) is 5.54. The van der Waals surface area contributed by atoms with Crippen molar-refractivity contribution in [2.24, 2.45) is 0 Å². The van der Waals surface area contributed by atoms with E-state index in [9.17, 15) is 5.11 Å². The van der Waals surface area contributed by atoms with Crippen LogP contribution in [0, 0.1) is 0 Å². The number of hydrogen-bond donors (Lipinski definition) is 2. The van der Waals surface area contributed by atoms with Crippen LogP contribution < -0.4 is 5.32 Å². The molecule has 3 rings (SSSR count). The number of nitrogens with one attached hydrogen (secondary N) is 1. The van der Waals surface area contributed by atoms with E-state index in [0.29, 0.717) is 12.6 Å². The number of rotatable bonds is 3. The topological polar surface area (TPSA) is 44.7 Å². The fourth-order valence-corrected chi connectivity index (χ4v) is 2.97. The molecule has 0 radical (unpaired) electrons. The monoisotopic (exact) mass is 262 g/mol. The first-order valence-electron chi connectivity index (χ1n) is 7.09. The van der Waals surface area contributed by atoms with Gasteiger partial charge in [0.2, 0.25) is 0 Å². The molecule has 1 aromatic rings. The summed E-state index contributed by atoms with van der Waals surface area (Å²) < 4.78 is 5.59. The summed E-state index contributed by atoms with van der Waals surface area (Å²) >= 11 is 0. The summed E-state index contributed by atoms with van der Waals surface area (Å²) in [5.74, 6) is 0. The molecule has 1 saturated heterocycles. The average molecular weight is 262 g/mol. The molecule has 1 fully saturated rings. The second kappa shape index (κ2) is 5.49. The van der Waals surface area contributed by atoms with Crippen molar-refractivity contribution >= 4 is 5.69 Å². The van der Waals surface area contributed by atoms with Gasteiger partial charge in [0.15, 0.2) is 0 Å². The van der Waals surface area contributed by atoms with Crippen LogP contribution in [0.1, 0.15) is 18.1 Å². The maximum atomic E-state index is 9.25. The predicted molar refractivity (Wildman–Crippen MR) is 75.3 cm³/mol. The molecular formula is C15H22N2O2. The van der Waals surface area contributed by atoms with Crippen LogP contribution in [0.4, 0.5) is 5.69 Å². The molecule has 0 saturated carbocycles. The maximum absolute atomic E-state index is 9.25. The number of aliphatic hydroxyl groups is 1. The van der Waals surface area contributed by atoms with E-state index in [2.05, 4.69) is 35.3 Å². The fraction of sp³-hybridized carbons (Fsp3) is 0.600. The Morgan fingerprint density at radius 2 is 2.37 bits per heavy atom. The molecule has 4 nitrogen and oxygen atoms in total. The minimum Gasteiger partial charge on any atom is -0.394 e. The normalized spacial score (nSPS) is 27.1. The molecule has 0 aromatic heterocycles. The van der Waals surface area contributed by atoms with Crippen LogP contribution in [-0.2, 0) is 17.7 Å². The summed E-state index contributed by atoms with van der Waals surface area (Å²) in [6.07, 6.45) is 1.09. The van der Waals surface area contributed by atoms with Gasteiger partial charge >= 0.3 is 0 Å². The van der Waals surface area contributed by atoms with Crippen molar-refractivity contribution in [3.05, 3.63) is 29.3 Å². The highest BCUT2D eigenvalue weighted by molar-refractivity contribution is 5.61. The molecule has 2 aliphatic heterocycles. The zero-order chi connectivity index (χ0) is 13.2. The molecule has 1 aromatic carbocycles. The highest BCUT2D eigenvalue weighted by atomic mass is 16.5. The van der Waals surface area contributed by atoms with Crippen LogP contribution in [0.15, 0.2) is 18.2 Å². The standard InChI is InChI=1S/C15H22N2O2/c1-11-10-19-14(9-18)8-17(11)7-13-4-2-3-12-5-6-16-15(12)13/h2-4,11,14,16,18H,5-10H2,1H3. The molecule has 2 unspecified atom stereocenters. The van der Waals surface area contributed by atoms with Gasteiger partial charge in [0.05, 0.1) is 19.3 Å². The Balaban J connectivity index is 1.75. The Labute approximate surface area is 114 Å². The molecule has 2 heterocycles. The number of hydrogen-bond acceptors (Lipinski definition) is 4. The lowest BCUT2D eigenvalue weighted by atomic mass is 10.1. The zero-order valence-corrected chi connectivity index (χ0v) is 11.4. The van der Waals surface area contributed by atoms with Crippen LogP contribution in [-0.4, -0.2) is 48.5 Å². The smallest absolute Gasteiger partial charge is 0.0933 e. The van der Waals surface area contributed by atoms with Crippen molar-refractivity contribution in [2.45, 2.75) is 32.0 Å². The number of anilines is 1. The van der Waals surface area contributed by atoms with Crippen molar-refractivity contribution in [1.29, 1.82) is 0 Å². The first-order chi connectivity index (χ1) is 9.28. The summed E-state index contributed by atoms with van der Waals surface area (Å²) in [5, 5.41) is 12.7. The lowest BCUT2D eigenvalue weighted by Gasteiger charge is -2.37. The highest BCUT2D eigenvalue weighted by Crippen LogP contribution is 2.28. The minimum absolute atomic E-state index is 0.0408. The third-order valence-corrected chi connectivity index (χ3v) is 4.14. The maximum Gasteiger partial charge on any atom is 0.0933 e. The van der Waals surface area contributed by atoms with Crippen molar-refractivity contribution in [3.8, 4) is 0 Å². The third kappa shape index (κ3) is 2.61. The van der Waals surface area contributed by atoms with E-state index >= 15 is 0 Å². The number of ether oxygens (including phenoxy) is 1. The Morgan fingerprint density at radius 1 is 1.47 bits per heavy atom. The first-order valence-corrected chi connectivity index (χ1v) is 7.09. The van der Waals surface area contributed by atoms with Gasteiger partial charge in [0.25, 0.3) is 0 Å². The first kappa shape index (κ1) is 12.9. The summed E-state index contributed by atoms with van der Waals surface area (Å²) in [5.41, 5.74) is 4.11. The van der Waals surface area contributed by atoms with Crippen LogP contribution in [0.3, 0.4) is 0 Å². The van der Waals surface area contributed by atoms with E-state index < -0.39 is 0 Å². The molecule has 0 amide bonds. The Morgan fingerprint density at radius 3 is 3.21 bits per heavy atom. The van der Waals surface area contributed by atoms with E-state index in [1.54, 1.807) is 0 Å². The minimum atomic E-state index is -0.0408. The molecule has 4 heteroatoms. The molecule has 104 valence electrons. The zero-order valence-electron chi connectivity index (χ0n) is 11.4. The van der Waals surface area contributed by atoms with Gasteiger partial charge in [-0.15, -0.1) is 0 Å². The summed E-state index contributed by atoms with van der Waals surface area (Å²) in [4.78, 5) is 2.40. The highest BCUT2D eigenvalue weighted by Gasteiger charge is 2.26. The van der Waals surface area contributed by atoms with Crippen molar-refractivity contribution in [2.75, 3.05) is 31.6 Å². The lowest BCUT2D eigenvalue weighted by molar-refractivity contribution is -0.0805. The SMILES string of the molecule is CC1COC(CO)CN1Cc1cccc2c1NCC2. The Kier molecular flexibility index (Phi) is 3.73. The molecule has 2 atom stereocenters. The van der Waals surface area contributed by atoms with E-state index in [0.717, 1.165) is 26.1 Å². The largest absolute Gasteiger partial charge is 0.394 e. The van der Waals surface area contributed by atoms with E-state index in [4.69, 9.17) is 4.74 Å². The third-order valence-electron chi connectivity index (χ3n) is 4.14. The van der Waals surface area contributed by atoms with Gasteiger partial charge < -0.3 is 15.2 Å². The van der Waals surface area contributed by atoms with Crippen LogP contribution in [0.25, 0.3) is 0 Å². The average Bonchev–Trinajstić information content (AvgIpc) is 2.90. The quantitative estimate of drug-likeness (QED) is 0.860. The van der Waals surface area contributed by atoms with Gasteiger partial charge in [0, 0.05) is 31.4 Å². The van der Waals surface area contributed by atoms with Crippen LogP contribution in [0.2, 0.25) is 0 Å². The van der Waals surface area contributed by atoms with E-state index in [1.807, 2.05) is 0 Å². The number of morpholine rings is 1. The number of benzene rings is 1. The molecule has 0 spiro atoms. The Bertz CT molecular complexity index is 450. The Hall–Kier alpha value is -1.10. The number of nitrogens with zero attached hydrogens (tertiary/aromatic N) is 1. The van der Waals surface area contributed by atoms with Crippen molar-refractivity contribution < 1.29 is 9.84 Å². The van der Waals surface area contributed by atoms with E-state index in [-0.39, 0.29) is 12.7 Å². The van der Waals surface area contributed by atoms with Gasteiger partial charge in [-0.3, -0.25) is 4.90 Å². The fourth-order valence-electron chi connectivity index (χ4n) is 2.97. The van der Waals surface area contributed by atoms with Gasteiger partial charge in [-0.1, -0.05) is 18.2 Å². The lowest BCUT2D eigenvalue weighted by Crippen LogP contribution is -2.48. The second-order valence-corrected chi connectivity index (χ2v) is 5.54. The summed E-state index contributed by atoms with van der Waals surface area (Å²) in [6, 6.07) is 6.96. The van der Waals surface area contributed by atoms with Crippen molar-refractivity contribution in [1.82, 2.24) is 4.90 Å². The molecule has 0 bridgehead atoms. The van der Waals surface area contributed by atoms with Crippen LogP contribution in [0.5, 0.6) is 0 Å². The molecule has 0 aliphatic carbocycles. The summed E-state index contributed by atoms with van der Waals surface area (Å²) in [6.45, 7) is 5.77.